The van der Waals surface area contributed by atoms with Crippen molar-refractivity contribution in [1.82, 2.24) is 15.3 Å². The molecule has 0 aliphatic carbocycles. The number of aromatic nitrogens is 2. The largest absolute Gasteiger partial charge is 0.342 e. The van der Waals surface area contributed by atoms with Gasteiger partial charge >= 0.3 is 0 Å². The molecule has 0 unspecified atom stereocenters. The number of nitrogens with one attached hydrogen (secondary N) is 2. The van der Waals surface area contributed by atoms with Crippen LogP contribution in [0, 0.1) is 13.8 Å². The molecular weight excluding hydrogens is 324 g/mol. The first-order valence-electron chi connectivity index (χ1n) is 7.40. The number of pyridine rings is 1. The Balaban J connectivity index is 1.65. The number of fused-ring (bicyclic) bond motifs is 1. The summed E-state index contributed by atoms with van der Waals surface area (Å²) in [6.07, 6.45) is 1.68. The van der Waals surface area contributed by atoms with Crippen LogP contribution in [0.5, 0.6) is 0 Å². The Morgan fingerprint density at radius 3 is 2.71 bits per heavy atom. The zero-order valence-corrected chi connectivity index (χ0v) is 14.1. The quantitative estimate of drug-likeness (QED) is 0.765. The molecule has 0 spiro atoms. The highest BCUT2D eigenvalue weighted by atomic mass is 32.1. The van der Waals surface area contributed by atoms with Gasteiger partial charge in [0, 0.05) is 11.6 Å². The second-order valence-corrected chi connectivity index (χ2v) is 6.46. The van der Waals surface area contributed by atoms with Gasteiger partial charge in [-0.2, -0.15) is 0 Å². The van der Waals surface area contributed by atoms with Crippen LogP contribution in [0.3, 0.4) is 0 Å². The molecular formula is C17H16N4O2S. The molecule has 6 nitrogen and oxygen atoms in total. The van der Waals surface area contributed by atoms with E-state index in [1.165, 1.54) is 11.3 Å². The van der Waals surface area contributed by atoms with Crippen LogP contribution in [-0.2, 0) is 4.79 Å². The lowest BCUT2D eigenvalue weighted by atomic mass is 10.2. The molecule has 7 heteroatoms. The average molecular weight is 340 g/mol. The Morgan fingerprint density at radius 2 is 1.96 bits per heavy atom. The van der Waals surface area contributed by atoms with Gasteiger partial charge in [-0.1, -0.05) is 18.2 Å². The maximum absolute atomic E-state index is 12.1. The Kier molecular flexibility index (Phi) is 4.52. The van der Waals surface area contributed by atoms with Gasteiger partial charge in [0.25, 0.3) is 5.91 Å². The van der Waals surface area contributed by atoms with E-state index in [1.807, 2.05) is 31.2 Å². The van der Waals surface area contributed by atoms with Crippen molar-refractivity contribution in [2.24, 2.45) is 0 Å². The van der Waals surface area contributed by atoms with Crippen molar-refractivity contribution >= 4 is 39.7 Å². The summed E-state index contributed by atoms with van der Waals surface area (Å²) in [5.41, 5.74) is 2.01. The zero-order chi connectivity index (χ0) is 17.1. The number of rotatable bonds is 4. The molecule has 0 atom stereocenters. The number of hydrogen-bond acceptors (Lipinski definition) is 5. The monoisotopic (exact) mass is 340 g/mol. The molecule has 0 fully saturated rings. The molecule has 0 saturated heterocycles. The highest BCUT2D eigenvalue weighted by Crippen LogP contribution is 2.20. The number of amides is 2. The van der Waals surface area contributed by atoms with Crippen LogP contribution < -0.4 is 10.6 Å². The van der Waals surface area contributed by atoms with E-state index in [0.717, 1.165) is 10.4 Å². The summed E-state index contributed by atoms with van der Waals surface area (Å²) in [4.78, 5) is 33.3. The lowest BCUT2D eigenvalue weighted by Gasteiger charge is -2.08. The van der Waals surface area contributed by atoms with Crippen molar-refractivity contribution in [1.29, 1.82) is 0 Å². The number of para-hydroxylation sites is 1. The number of benzene rings is 1. The maximum atomic E-state index is 12.1. The number of carbonyl (C=O) groups excluding carboxylic acids is 2. The molecule has 2 aromatic heterocycles. The van der Waals surface area contributed by atoms with E-state index in [2.05, 4.69) is 20.6 Å². The van der Waals surface area contributed by atoms with Crippen molar-refractivity contribution in [3.05, 3.63) is 52.1 Å². The van der Waals surface area contributed by atoms with E-state index in [9.17, 15) is 9.59 Å². The molecule has 3 rings (SSSR count). The predicted molar refractivity (Wildman–Crippen MR) is 94.3 cm³/mol. The molecule has 2 N–H and O–H groups in total. The second-order valence-electron chi connectivity index (χ2n) is 5.26. The summed E-state index contributed by atoms with van der Waals surface area (Å²) < 4.78 is 0. The lowest BCUT2D eigenvalue weighted by Crippen LogP contribution is -2.32. The number of carbonyl (C=O) groups is 2. The fourth-order valence-corrected chi connectivity index (χ4v) is 3.22. The lowest BCUT2D eigenvalue weighted by molar-refractivity contribution is -0.115. The summed E-state index contributed by atoms with van der Waals surface area (Å²) in [7, 11) is 0. The van der Waals surface area contributed by atoms with E-state index >= 15 is 0 Å². The minimum Gasteiger partial charge on any atom is -0.342 e. The Hall–Kier alpha value is -2.80. The number of thiazole rings is 1. The first-order chi connectivity index (χ1) is 11.5. The zero-order valence-electron chi connectivity index (χ0n) is 13.3. The van der Waals surface area contributed by atoms with Crippen molar-refractivity contribution in [3.63, 3.8) is 0 Å². The van der Waals surface area contributed by atoms with Gasteiger partial charge in [0.2, 0.25) is 5.91 Å². The molecule has 24 heavy (non-hydrogen) atoms. The van der Waals surface area contributed by atoms with Crippen LogP contribution in [0.25, 0.3) is 10.9 Å². The second kappa shape index (κ2) is 6.76. The van der Waals surface area contributed by atoms with Gasteiger partial charge in [0.1, 0.15) is 4.88 Å². The minimum absolute atomic E-state index is 0.113. The van der Waals surface area contributed by atoms with Crippen LogP contribution in [0.15, 0.2) is 36.5 Å². The van der Waals surface area contributed by atoms with Crippen molar-refractivity contribution in [2.45, 2.75) is 13.8 Å². The average Bonchev–Trinajstić information content (AvgIpc) is 2.91. The summed E-state index contributed by atoms with van der Waals surface area (Å²) >= 11 is 1.32. The van der Waals surface area contributed by atoms with Crippen molar-refractivity contribution < 1.29 is 9.59 Å². The van der Waals surface area contributed by atoms with Gasteiger partial charge < -0.3 is 10.6 Å². The van der Waals surface area contributed by atoms with E-state index < -0.39 is 0 Å². The third kappa shape index (κ3) is 3.41. The highest BCUT2D eigenvalue weighted by Gasteiger charge is 2.15. The summed E-state index contributed by atoms with van der Waals surface area (Å²) in [6.45, 7) is 3.51. The van der Waals surface area contributed by atoms with Crippen LogP contribution in [0.2, 0.25) is 0 Å². The predicted octanol–water partition coefficient (Wildman–Crippen LogP) is 2.68. The van der Waals surface area contributed by atoms with Gasteiger partial charge in [0.05, 0.1) is 28.5 Å². The molecule has 0 saturated carbocycles. The van der Waals surface area contributed by atoms with E-state index in [1.54, 1.807) is 19.2 Å². The van der Waals surface area contributed by atoms with Crippen LogP contribution >= 0.6 is 11.3 Å². The highest BCUT2D eigenvalue weighted by molar-refractivity contribution is 7.13. The van der Waals surface area contributed by atoms with Gasteiger partial charge in [0.15, 0.2) is 0 Å². The van der Waals surface area contributed by atoms with E-state index in [-0.39, 0.29) is 18.4 Å². The van der Waals surface area contributed by atoms with Gasteiger partial charge in [-0.15, -0.1) is 11.3 Å². The van der Waals surface area contributed by atoms with Gasteiger partial charge in [-0.05, 0) is 26.0 Å². The standard InChI is InChI=1S/C17H16N4O2S/c1-10-16(24-11(2)20-10)17(23)19-9-14(22)21-13-7-3-5-12-6-4-8-18-15(12)13/h3-8H,9H2,1-2H3,(H,19,23)(H,21,22). The van der Waals surface area contributed by atoms with Crippen molar-refractivity contribution in [2.75, 3.05) is 11.9 Å². The third-order valence-corrected chi connectivity index (χ3v) is 4.50. The van der Waals surface area contributed by atoms with Crippen LogP contribution in [0.1, 0.15) is 20.4 Å². The number of anilines is 1. The third-order valence-electron chi connectivity index (χ3n) is 3.43. The molecule has 1 aromatic carbocycles. The molecule has 0 bridgehead atoms. The van der Waals surface area contributed by atoms with Gasteiger partial charge in [-0.3, -0.25) is 14.6 Å². The topological polar surface area (TPSA) is 84.0 Å². The van der Waals surface area contributed by atoms with Crippen molar-refractivity contribution in [3.8, 4) is 0 Å². The number of aryl methyl sites for hydroxylation is 2. The molecule has 122 valence electrons. The first kappa shape index (κ1) is 16.1. The van der Waals surface area contributed by atoms with Gasteiger partial charge in [-0.25, -0.2) is 4.98 Å². The Bertz CT molecular complexity index is 915. The first-order valence-corrected chi connectivity index (χ1v) is 8.22. The molecule has 0 radical (unpaired) electrons. The molecule has 3 aromatic rings. The normalized spacial score (nSPS) is 10.6. The minimum atomic E-state index is -0.305. The molecule has 0 aliphatic rings. The Labute approximate surface area is 142 Å². The molecule has 2 amide bonds. The van der Waals surface area contributed by atoms with Crippen LogP contribution in [-0.4, -0.2) is 28.3 Å². The number of hydrogen-bond donors (Lipinski definition) is 2. The molecule has 2 heterocycles. The fourth-order valence-electron chi connectivity index (χ4n) is 2.38. The summed E-state index contributed by atoms with van der Waals surface area (Å²) in [6, 6.07) is 9.32. The Morgan fingerprint density at radius 1 is 1.17 bits per heavy atom. The smallest absolute Gasteiger partial charge is 0.263 e. The fraction of sp³-hybridized carbons (Fsp3) is 0.176. The van der Waals surface area contributed by atoms with Crippen LogP contribution in [0.4, 0.5) is 5.69 Å². The summed E-state index contributed by atoms with van der Waals surface area (Å²) in [5.74, 6) is -0.593. The SMILES string of the molecule is Cc1nc(C)c(C(=O)NCC(=O)Nc2cccc3cccnc23)s1. The maximum Gasteiger partial charge on any atom is 0.263 e. The van der Waals surface area contributed by atoms with E-state index in [4.69, 9.17) is 0 Å². The summed E-state index contributed by atoms with van der Waals surface area (Å²) in [5, 5.41) is 7.17. The number of nitrogens with zero attached hydrogens (tertiary/aromatic N) is 2. The van der Waals surface area contributed by atoms with E-state index in [0.29, 0.717) is 21.8 Å². The molecule has 0 aliphatic heterocycles.